The molecule has 5 heterocycles. The third-order valence-corrected chi connectivity index (χ3v) is 8.96. The SMILES string of the molecule is C[C@H](c1ccc(F)cc1F)n1cc(-c2cnn3c2CN(C(=O)c2csc(-c4cc(Br)cs4)n2)CC3)nn1. The number of thiophene rings is 1. The Balaban J connectivity index is 1.22. The normalized spacial score (nSPS) is 14.1. The molecule has 1 aliphatic heterocycles. The van der Waals surface area contributed by atoms with E-state index in [-0.39, 0.29) is 5.91 Å². The topological polar surface area (TPSA) is 81.7 Å². The highest BCUT2D eigenvalue weighted by molar-refractivity contribution is 9.10. The summed E-state index contributed by atoms with van der Waals surface area (Å²) in [6.07, 6.45) is 3.41. The van der Waals surface area contributed by atoms with Crippen molar-refractivity contribution in [3.8, 4) is 21.1 Å². The second kappa shape index (κ2) is 9.54. The van der Waals surface area contributed by atoms with E-state index in [0.29, 0.717) is 36.6 Å². The van der Waals surface area contributed by atoms with Crippen LogP contribution in [0.5, 0.6) is 0 Å². The van der Waals surface area contributed by atoms with E-state index in [4.69, 9.17) is 0 Å². The molecule has 8 nitrogen and oxygen atoms in total. The Bertz CT molecular complexity index is 1620. The van der Waals surface area contributed by atoms with Crippen LogP contribution in [0.3, 0.4) is 0 Å². The number of nitrogens with zero attached hydrogens (tertiary/aromatic N) is 7. The third-order valence-electron chi connectivity index (χ3n) is 6.26. The van der Waals surface area contributed by atoms with Crippen molar-refractivity contribution in [1.82, 2.24) is 34.7 Å². The molecule has 1 aliphatic rings. The van der Waals surface area contributed by atoms with Gasteiger partial charge in [-0.2, -0.15) is 5.10 Å². The van der Waals surface area contributed by atoms with E-state index < -0.39 is 17.7 Å². The maximum absolute atomic E-state index is 14.3. The molecular formula is C24H18BrF2N7OS2. The lowest BCUT2D eigenvalue weighted by molar-refractivity contribution is 0.0701. The van der Waals surface area contributed by atoms with Crippen LogP contribution in [-0.2, 0) is 13.1 Å². The zero-order valence-corrected chi connectivity index (χ0v) is 22.5. The van der Waals surface area contributed by atoms with Crippen molar-refractivity contribution in [3.05, 3.63) is 80.5 Å². The molecule has 0 spiro atoms. The van der Waals surface area contributed by atoms with Crippen molar-refractivity contribution in [2.24, 2.45) is 0 Å². The first-order valence-electron chi connectivity index (χ1n) is 11.3. The number of amides is 1. The number of benzene rings is 1. The number of carbonyl (C=O) groups excluding carboxylic acids is 1. The first-order chi connectivity index (χ1) is 17.9. The predicted octanol–water partition coefficient (Wildman–Crippen LogP) is 5.63. The first-order valence-corrected chi connectivity index (χ1v) is 13.8. The molecule has 4 aromatic heterocycles. The molecule has 1 amide bonds. The van der Waals surface area contributed by atoms with Gasteiger partial charge in [-0.3, -0.25) is 9.48 Å². The van der Waals surface area contributed by atoms with Gasteiger partial charge < -0.3 is 4.90 Å². The van der Waals surface area contributed by atoms with Crippen LogP contribution in [0.15, 0.2) is 51.9 Å². The average molecular weight is 602 g/mol. The third kappa shape index (κ3) is 4.51. The van der Waals surface area contributed by atoms with E-state index in [0.717, 1.165) is 31.7 Å². The molecule has 1 atom stereocenters. The zero-order valence-electron chi connectivity index (χ0n) is 19.3. The molecule has 0 radical (unpaired) electrons. The fourth-order valence-corrected chi connectivity index (χ4v) is 6.58. The summed E-state index contributed by atoms with van der Waals surface area (Å²) in [5.41, 5.74) is 2.87. The largest absolute Gasteiger partial charge is 0.330 e. The summed E-state index contributed by atoms with van der Waals surface area (Å²) in [4.78, 5) is 20.6. The van der Waals surface area contributed by atoms with Crippen LogP contribution in [0.1, 0.15) is 34.7 Å². The van der Waals surface area contributed by atoms with Gasteiger partial charge in [0.15, 0.2) is 0 Å². The first kappa shape index (κ1) is 24.1. The molecule has 13 heteroatoms. The van der Waals surface area contributed by atoms with Gasteiger partial charge in [0.2, 0.25) is 0 Å². The van der Waals surface area contributed by atoms with Crippen LogP contribution in [0.25, 0.3) is 21.1 Å². The summed E-state index contributed by atoms with van der Waals surface area (Å²) >= 11 is 6.47. The van der Waals surface area contributed by atoms with Crippen LogP contribution in [0, 0.1) is 11.6 Å². The van der Waals surface area contributed by atoms with Crippen molar-refractivity contribution in [3.63, 3.8) is 0 Å². The van der Waals surface area contributed by atoms with Crippen molar-refractivity contribution >= 4 is 44.5 Å². The summed E-state index contributed by atoms with van der Waals surface area (Å²) < 4.78 is 32.0. The minimum atomic E-state index is -0.640. The van der Waals surface area contributed by atoms with E-state index in [1.807, 2.05) is 16.1 Å². The number of hydrogen-bond acceptors (Lipinski definition) is 7. The van der Waals surface area contributed by atoms with E-state index in [1.54, 1.807) is 40.9 Å². The van der Waals surface area contributed by atoms with Gasteiger partial charge in [-0.05, 0) is 35.0 Å². The van der Waals surface area contributed by atoms with Crippen molar-refractivity contribution < 1.29 is 13.6 Å². The Morgan fingerprint density at radius 1 is 1.16 bits per heavy atom. The van der Waals surface area contributed by atoms with Crippen molar-refractivity contribution in [2.75, 3.05) is 6.54 Å². The van der Waals surface area contributed by atoms with Crippen LogP contribution < -0.4 is 0 Å². The van der Waals surface area contributed by atoms with Gasteiger partial charge in [0.05, 0.1) is 42.1 Å². The molecule has 0 saturated carbocycles. The van der Waals surface area contributed by atoms with Crippen molar-refractivity contribution in [2.45, 2.75) is 26.1 Å². The summed E-state index contributed by atoms with van der Waals surface area (Å²) in [6.45, 7) is 3.17. The number of carbonyl (C=O) groups is 1. The Morgan fingerprint density at radius 3 is 2.81 bits per heavy atom. The molecule has 1 aromatic carbocycles. The molecular weight excluding hydrogens is 584 g/mol. The van der Waals surface area contributed by atoms with Gasteiger partial charge in [-0.15, -0.1) is 27.8 Å². The number of hydrogen-bond donors (Lipinski definition) is 0. The van der Waals surface area contributed by atoms with Crippen molar-refractivity contribution in [1.29, 1.82) is 0 Å². The van der Waals surface area contributed by atoms with Crippen LogP contribution in [-0.4, -0.2) is 47.1 Å². The number of fused-ring (bicyclic) bond motifs is 1. The second-order valence-corrected chi connectivity index (χ2v) is 11.2. The van der Waals surface area contributed by atoms with Gasteiger partial charge in [0.25, 0.3) is 5.91 Å². The summed E-state index contributed by atoms with van der Waals surface area (Å²) in [6, 6.07) is 4.98. The minimum Gasteiger partial charge on any atom is -0.330 e. The zero-order chi connectivity index (χ0) is 25.7. The van der Waals surface area contributed by atoms with E-state index >= 15 is 0 Å². The monoisotopic (exact) mass is 601 g/mol. The van der Waals surface area contributed by atoms with Gasteiger partial charge >= 0.3 is 0 Å². The molecule has 0 unspecified atom stereocenters. The maximum atomic E-state index is 14.3. The highest BCUT2D eigenvalue weighted by atomic mass is 79.9. The quantitative estimate of drug-likeness (QED) is 0.261. The fraction of sp³-hybridized carbons (Fsp3) is 0.208. The lowest BCUT2D eigenvalue weighted by Crippen LogP contribution is -2.38. The van der Waals surface area contributed by atoms with E-state index in [2.05, 4.69) is 36.3 Å². The number of halogens is 3. The lowest BCUT2D eigenvalue weighted by atomic mass is 10.1. The average Bonchev–Trinajstić information content (AvgIpc) is 3.68. The van der Waals surface area contributed by atoms with Crippen LogP contribution in [0.4, 0.5) is 8.78 Å². The predicted molar refractivity (Wildman–Crippen MR) is 139 cm³/mol. The lowest BCUT2D eigenvalue weighted by Gasteiger charge is -2.27. The molecule has 0 bridgehead atoms. The summed E-state index contributed by atoms with van der Waals surface area (Å²) in [7, 11) is 0. The molecule has 0 saturated heterocycles. The Hall–Kier alpha value is -3.29. The summed E-state index contributed by atoms with van der Waals surface area (Å²) in [5.74, 6) is -1.41. The minimum absolute atomic E-state index is 0.138. The summed E-state index contributed by atoms with van der Waals surface area (Å²) in [5, 5.41) is 17.5. The highest BCUT2D eigenvalue weighted by Gasteiger charge is 2.28. The van der Waals surface area contributed by atoms with Gasteiger partial charge in [-0.25, -0.2) is 18.4 Å². The number of thiazole rings is 1. The van der Waals surface area contributed by atoms with Gasteiger partial charge in [-0.1, -0.05) is 11.3 Å². The molecule has 6 rings (SSSR count). The molecule has 37 heavy (non-hydrogen) atoms. The highest BCUT2D eigenvalue weighted by Crippen LogP contribution is 2.33. The molecule has 0 fully saturated rings. The van der Waals surface area contributed by atoms with Crippen LogP contribution >= 0.6 is 38.6 Å². The van der Waals surface area contributed by atoms with Crippen LogP contribution in [0.2, 0.25) is 0 Å². The number of rotatable bonds is 5. The number of aromatic nitrogens is 6. The standard InChI is InChI=1S/C24H18BrF2N7OS2/c1-13(16-3-2-15(26)7-18(16)27)34-9-19(30-31-34)17-8-28-33-5-4-32(10-21(17)33)24(35)20-12-37-23(29-20)22-6-14(25)11-36-22/h2-3,6-9,11-13H,4-5,10H2,1H3/t13-/m1/s1. The Labute approximate surface area is 226 Å². The van der Waals surface area contributed by atoms with E-state index in [9.17, 15) is 13.6 Å². The molecule has 0 N–H and O–H groups in total. The Morgan fingerprint density at radius 2 is 2.03 bits per heavy atom. The molecule has 5 aromatic rings. The molecule has 188 valence electrons. The molecule has 0 aliphatic carbocycles. The van der Waals surface area contributed by atoms with E-state index in [1.165, 1.54) is 28.2 Å². The smallest absolute Gasteiger partial charge is 0.273 e. The van der Waals surface area contributed by atoms with Gasteiger partial charge in [0.1, 0.15) is 28.0 Å². The Kier molecular flexibility index (Phi) is 6.21. The fourth-order valence-electron chi connectivity index (χ4n) is 4.28. The van der Waals surface area contributed by atoms with Gasteiger partial charge in [0, 0.05) is 39.0 Å². The second-order valence-electron chi connectivity index (χ2n) is 8.55. The maximum Gasteiger partial charge on any atom is 0.273 e.